The SMILES string of the molecule is CC(NC(=O)CC1NC(=O)NC1=O)c1ccc(Cl)cc1. The predicted molar refractivity (Wildman–Crippen MR) is 73.1 cm³/mol. The van der Waals surface area contributed by atoms with Crippen LogP contribution in [0.15, 0.2) is 24.3 Å². The van der Waals surface area contributed by atoms with Crippen LogP contribution < -0.4 is 16.0 Å². The van der Waals surface area contributed by atoms with E-state index < -0.39 is 18.0 Å². The van der Waals surface area contributed by atoms with Crippen molar-refractivity contribution < 1.29 is 14.4 Å². The fourth-order valence-corrected chi connectivity index (χ4v) is 2.05. The summed E-state index contributed by atoms with van der Waals surface area (Å²) in [5.41, 5.74) is 0.905. The van der Waals surface area contributed by atoms with Crippen LogP contribution in [0.5, 0.6) is 0 Å². The average Bonchev–Trinajstić information content (AvgIpc) is 2.68. The summed E-state index contributed by atoms with van der Waals surface area (Å²) in [5, 5.41) is 7.84. The van der Waals surface area contributed by atoms with Crippen molar-refractivity contribution in [1.29, 1.82) is 0 Å². The van der Waals surface area contributed by atoms with Crippen molar-refractivity contribution in [2.45, 2.75) is 25.4 Å². The van der Waals surface area contributed by atoms with Crippen molar-refractivity contribution in [3.05, 3.63) is 34.9 Å². The molecule has 1 aromatic rings. The first kappa shape index (κ1) is 14.3. The summed E-state index contributed by atoms with van der Waals surface area (Å²) < 4.78 is 0. The van der Waals surface area contributed by atoms with E-state index in [-0.39, 0.29) is 18.4 Å². The standard InChI is InChI=1S/C13H14ClN3O3/c1-7(8-2-4-9(14)5-3-8)15-11(18)6-10-12(19)17-13(20)16-10/h2-5,7,10H,6H2,1H3,(H,15,18)(H2,16,17,19,20). The van der Waals surface area contributed by atoms with Crippen LogP contribution in [0, 0.1) is 0 Å². The van der Waals surface area contributed by atoms with Gasteiger partial charge in [0, 0.05) is 5.02 Å². The quantitative estimate of drug-likeness (QED) is 0.727. The van der Waals surface area contributed by atoms with Gasteiger partial charge in [0.25, 0.3) is 5.91 Å². The van der Waals surface area contributed by atoms with Gasteiger partial charge in [-0.25, -0.2) is 4.79 Å². The zero-order valence-electron chi connectivity index (χ0n) is 10.8. The molecule has 2 rings (SSSR count). The molecule has 0 radical (unpaired) electrons. The first-order chi connectivity index (χ1) is 9.45. The molecule has 0 aromatic heterocycles. The lowest BCUT2D eigenvalue weighted by atomic mass is 10.1. The van der Waals surface area contributed by atoms with E-state index in [0.29, 0.717) is 5.02 Å². The second kappa shape index (κ2) is 5.92. The fraction of sp³-hybridized carbons (Fsp3) is 0.308. The third-order valence-electron chi connectivity index (χ3n) is 3.00. The molecule has 0 saturated carbocycles. The third-order valence-corrected chi connectivity index (χ3v) is 3.25. The van der Waals surface area contributed by atoms with E-state index in [1.165, 1.54) is 0 Å². The van der Waals surface area contributed by atoms with Crippen molar-refractivity contribution >= 4 is 29.4 Å². The lowest BCUT2D eigenvalue weighted by Crippen LogP contribution is -2.37. The fourth-order valence-electron chi connectivity index (χ4n) is 1.92. The third kappa shape index (κ3) is 3.48. The Morgan fingerprint density at radius 2 is 2.00 bits per heavy atom. The number of halogens is 1. The van der Waals surface area contributed by atoms with Crippen LogP contribution in [0.3, 0.4) is 0 Å². The summed E-state index contributed by atoms with van der Waals surface area (Å²) in [5.74, 6) is -0.793. The van der Waals surface area contributed by atoms with E-state index in [4.69, 9.17) is 11.6 Å². The van der Waals surface area contributed by atoms with Crippen LogP contribution in [-0.2, 0) is 9.59 Å². The summed E-state index contributed by atoms with van der Waals surface area (Å²) in [7, 11) is 0. The van der Waals surface area contributed by atoms with Gasteiger partial charge in [-0.15, -0.1) is 0 Å². The van der Waals surface area contributed by atoms with Crippen molar-refractivity contribution in [2.24, 2.45) is 0 Å². The number of carbonyl (C=O) groups is 3. The molecule has 20 heavy (non-hydrogen) atoms. The van der Waals surface area contributed by atoms with Crippen LogP contribution in [0.4, 0.5) is 4.79 Å². The Labute approximate surface area is 120 Å². The number of hydrogen-bond acceptors (Lipinski definition) is 3. The van der Waals surface area contributed by atoms with E-state index in [1.54, 1.807) is 12.1 Å². The Bertz CT molecular complexity index is 544. The van der Waals surface area contributed by atoms with Gasteiger partial charge >= 0.3 is 6.03 Å². The zero-order chi connectivity index (χ0) is 14.7. The van der Waals surface area contributed by atoms with E-state index in [1.807, 2.05) is 19.1 Å². The van der Waals surface area contributed by atoms with Gasteiger partial charge in [0.1, 0.15) is 6.04 Å². The number of amides is 4. The number of nitrogens with one attached hydrogen (secondary N) is 3. The van der Waals surface area contributed by atoms with Crippen molar-refractivity contribution in [2.75, 3.05) is 0 Å². The maximum absolute atomic E-state index is 11.8. The van der Waals surface area contributed by atoms with Gasteiger partial charge in [0.2, 0.25) is 5.91 Å². The van der Waals surface area contributed by atoms with E-state index in [0.717, 1.165) is 5.56 Å². The molecule has 0 aliphatic carbocycles. The number of carbonyl (C=O) groups excluding carboxylic acids is 3. The molecule has 106 valence electrons. The summed E-state index contributed by atoms with van der Waals surface area (Å²) in [4.78, 5) is 34.1. The molecular formula is C13H14ClN3O3. The number of benzene rings is 1. The Hall–Kier alpha value is -2.08. The molecule has 0 spiro atoms. The maximum Gasteiger partial charge on any atom is 0.322 e. The molecule has 2 unspecified atom stereocenters. The largest absolute Gasteiger partial charge is 0.350 e. The number of rotatable bonds is 4. The van der Waals surface area contributed by atoms with Gasteiger partial charge in [-0.1, -0.05) is 23.7 Å². The summed E-state index contributed by atoms with van der Waals surface area (Å²) in [6.07, 6.45) is -0.0878. The zero-order valence-corrected chi connectivity index (χ0v) is 11.5. The van der Waals surface area contributed by atoms with Gasteiger partial charge in [-0.3, -0.25) is 14.9 Å². The molecule has 1 fully saturated rings. The first-order valence-electron chi connectivity index (χ1n) is 6.12. The predicted octanol–water partition coefficient (Wildman–Crippen LogP) is 1.12. The summed E-state index contributed by atoms with van der Waals surface area (Å²) in [6.45, 7) is 1.83. The number of urea groups is 1. The second-order valence-corrected chi connectivity index (χ2v) is 5.00. The number of imide groups is 1. The minimum absolute atomic E-state index is 0.0878. The van der Waals surface area contributed by atoms with Crippen LogP contribution in [-0.4, -0.2) is 23.9 Å². The van der Waals surface area contributed by atoms with Crippen molar-refractivity contribution in [3.63, 3.8) is 0 Å². The number of hydrogen-bond donors (Lipinski definition) is 3. The topological polar surface area (TPSA) is 87.3 Å². The van der Waals surface area contributed by atoms with Gasteiger partial charge < -0.3 is 10.6 Å². The molecule has 2 atom stereocenters. The molecule has 1 aliphatic rings. The molecule has 4 amide bonds. The molecule has 1 aliphatic heterocycles. The molecule has 3 N–H and O–H groups in total. The van der Waals surface area contributed by atoms with Crippen molar-refractivity contribution in [1.82, 2.24) is 16.0 Å². The van der Waals surface area contributed by atoms with Crippen LogP contribution in [0.25, 0.3) is 0 Å². The molecule has 1 aromatic carbocycles. The lowest BCUT2D eigenvalue weighted by molar-refractivity contribution is -0.126. The van der Waals surface area contributed by atoms with E-state index in [2.05, 4.69) is 16.0 Å². The molecule has 1 heterocycles. The van der Waals surface area contributed by atoms with Crippen LogP contribution in [0.2, 0.25) is 5.02 Å². The molecule has 6 nitrogen and oxygen atoms in total. The highest BCUT2D eigenvalue weighted by Crippen LogP contribution is 2.16. The molecule has 0 bridgehead atoms. The first-order valence-corrected chi connectivity index (χ1v) is 6.49. The van der Waals surface area contributed by atoms with Crippen molar-refractivity contribution in [3.8, 4) is 0 Å². The molecule has 7 heteroatoms. The second-order valence-electron chi connectivity index (χ2n) is 4.56. The van der Waals surface area contributed by atoms with Gasteiger partial charge in [0.05, 0.1) is 12.5 Å². The highest BCUT2D eigenvalue weighted by atomic mass is 35.5. The van der Waals surface area contributed by atoms with Crippen LogP contribution in [0.1, 0.15) is 24.9 Å². The smallest absolute Gasteiger partial charge is 0.322 e. The Morgan fingerprint density at radius 3 is 2.55 bits per heavy atom. The highest BCUT2D eigenvalue weighted by Gasteiger charge is 2.31. The van der Waals surface area contributed by atoms with Crippen LogP contribution >= 0.6 is 11.6 Å². The van der Waals surface area contributed by atoms with E-state index >= 15 is 0 Å². The summed E-state index contributed by atoms with van der Waals surface area (Å²) in [6, 6.07) is 5.53. The Kier molecular flexibility index (Phi) is 4.24. The average molecular weight is 296 g/mol. The maximum atomic E-state index is 11.8. The van der Waals surface area contributed by atoms with Gasteiger partial charge in [-0.05, 0) is 24.6 Å². The highest BCUT2D eigenvalue weighted by molar-refractivity contribution is 6.30. The molecule has 1 saturated heterocycles. The lowest BCUT2D eigenvalue weighted by Gasteiger charge is -2.15. The molecular weight excluding hydrogens is 282 g/mol. The summed E-state index contributed by atoms with van der Waals surface area (Å²) >= 11 is 5.79. The van der Waals surface area contributed by atoms with Gasteiger partial charge in [-0.2, -0.15) is 0 Å². The minimum atomic E-state index is -0.806. The minimum Gasteiger partial charge on any atom is -0.350 e. The van der Waals surface area contributed by atoms with Gasteiger partial charge in [0.15, 0.2) is 0 Å². The monoisotopic (exact) mass is 295 g/mol. The Morgan fingerprint density at radius 1 is 1.35 bits per heavy atom. The Balaban J connectivity index is 1.89. The normalized spacial score (nSPS) is 19.2. The van der Waals surface area contributed by atoms with E-state index in [9.17, 15) is 14.4 Å².